The summed E-state index contributed by atoms with van der Waals surface area (Å²) in [6.07, 6.45) is 9.11. The molecule has 0 N–H and O–H groups in total. The lowest BCUT2D eigenvalue weighted by Gasteiger charge is -2.28. The van der Waals surface area contributed by atoms with E-state index in [9.17, 15) is 0 Å². The van der Waals surface area contributed by atoms with Crippen LogP contribution in [0.1, 0.15) is 18.4 Å². The van der Waals surface area contributed by atoms with E-state index in [4.69, 9.17) is 0 Å². The van der Waals surface area contributed by atoms with Gasteiger partial charge in [-0.3, -0.25) is 0 Å². The fraction of sp³-hybridized carbons (Fsp3) is 0.0385. The first-order valence-corrected chi connectivity index (χ1v) is 19.9. The molecule has 0 saturated carbocycles. The minimum Gasteiger partial charge on any atom is -0.310 e. The van der Waals surface area contributed by atoms with Gasteiger partial charge in [0.15, 0.2) is 0 Å². The monoisotopic (exact) mass is 720 g/mol. The Morgan fingerprint density at radius 1 is 0.491 bits per heavy atom. The van der Waals surface area contributed by atoms with E-state index in [1.165, 1.54) is 86.4 Å². The topological polar surface area (TPSA) is 8.17 Å². The van der Waals surface area contributed by atoms with Crippen molar-refractivity contribution in [2.45, 2.75) is 12.8 Å². The SMILES string of the molecule is C1=CC(c2ccccc2N(c2ccc(-c3ccc4c(ccc5c4c4ccccc4n5-c4ccccc4)c3)cc2)c2ccc3c(c2)sc2ccccc23)=CCC1. The molecule has 0 bridgehead atoms. The molecule has 2 nitrogen and oxygen atoms in total. The molecule has 2 heterocycles. The van der Waals surface area contributed by atoms with Crippen LogP contribution in [0.25, 0.3) is 75.1 Å². The Balaban J connectivity index is 1.03. The Kier molecular flexibility index (Phi) is 7.53. The number of para-hydroxylation sites is 3. The van der Waals surface area contributed by atoms with Gasteiger partial charge in [-0.25, -0.2) is 0 Å². The second kappa shape index (κ2) is 13.0. The maximum Gasteiger partial charge on any atom is 0.0547 e. The summed E-state index contributed by atoms with van der Waals surface area (Å²) in [5, 5.41) is 7.72. The van der Waals surface area contributed by atoms with Crippen LogP contribution in [0.5, 0.6) is 0 Å². The van der Waals surface area contributed by atoms with E-state index >= 15 is 0 Å². The van der Waals surface area contributed by atoms with Gasteiger partial charge in [-0.15, -0.1) is 11.3 Å². The summed E-state index contributed by atoms with van der Waals surface area (Å²) in [4.78, 5) is 2.44. The molecule has 11 rings (SSSR count). The van der Waals surface area contributed by atoms with Crippen LogP contribution >= 0.6 is 11.3 Å². The molecule has 0 unspecified atom stereocenters. The number of fused-ring (bicyclic) bond motifs is 8. The molecule has 2 aromatic heterocycles. The zero-order chi connectivity index (χ0) is 36.3. The number of hydrogen-bond donors (Lipinski definition) is 0. The molecule has 260 valence electrons. The average molecular weight is 721 g/mol. The van der Waals surface area contributed by atoms with E-state index in [1.54, 1.807) is 0 Å². The molecule has 0 spiro atoms. The van der Waals surface area contributed by atoms with Gasteiger partial charge in [-0.05, 0) is 107 Å². The first-order chi connectivity index (χ1) is 27.3. The van der Waals surface area contributed by atoms with Crippen LogP contribution in [0.15, 0.2) is 194 Å². The molecule has 55 heavy (non-hydrogen) atoms. The fourth-order valence-electron chi connectivity index (χ4n) is 8.64. The van der Waals surface area contributed by atoms with Gasteiger partial charge in [0.05, 0.1) is 16.7 Å². The van der Waals surface area contributed by atoms with Crippen molar-refractivity contribution in [1.29, 1.82) is 0 Å². The highest BCUT2D eigenvalue weighted by Gasteiger charge is 2.20. The van der Waals surface area contributed by atoms with E-state index in [0.717, 1.165) is 24.2 Å². The van der Waals surface area contributed by atoms with Gasteiger partial charge in [0.25, 0.3) is 0 Å². The van der Waals surface area contributed by atoms with Crippen molar-refractivity contribution in [3.8, 4) is 16.8 Å². The summed E-state index contributed by atoms with van der Waals surface area (Å²) in [6, 6.07) is 64.7. The van der Waals surface area contributed by atoms with Gasteiger partial charge < -0.3 is 9.47 Å². The molecule has 1 aliphatic rings. The highest BCUT2D eigenvalue weighted by Crippen LogP contribution is 2.44. The first-order valence-electron chi connectivity index (χ1n) is 19.1. The third kappa shape index (κ3) is 5.31. The molecule has 0 saturated heterocycles. The molecule has 0 aliphatic heterocycles. The lowest BCUT2D eigenvalue weighted by Crippen LogP contribution is -2.12. The van der Waals surface area contributed by atoms with E-state index < -0.39 is 0 Å². The number of rotatable bonds is 6. The highest BCUT2D eigenvalue weighted by atomic mass is 32.1. The summed E-state index contributed by atoms with van der Waals surface area (Å²) in [6.45, 7) is 0. The molecule has 8 aromatic carbocycles. The van der Waals surface area contributed by atoms with Crippen LogP contribution < -0.4 is 4.90 Å². The minimum absolute atomic E-state index is 1.06. The molecule has 0 amide bonds. The predicted octanol–water partition coefficient (Wildman–Crippen LogP) is 15.2. The van der Waals surface area contributed by atoms with Crippen molar-refractivity contribution in [3.05, 3.63) is 200 Å². The smallest absolute Gasteiger partial charge is 0.0547 e. The number of anilines is 3. The Morgan fingerprint density at radius 3 is 2.09 bits per heavy atom. The Hall–Kier alpha value is -6.68. The van der Waals surface area contributed by atoms with Crippen LogP contribution in [0.4, 0.5) is 17.1 Å². The van der Waals surface area contributed by atoms with Crippen LogP contribution in [0, 0.1) is 0 Å². The van der Waals surface area contributed by atoms with E-state index in [1.807, 2.05) is 11.3 Å². The van der Waals surface area contributed by atoms with Crippen LogP contribution in [-0.4, -0.2) is 4.57 Å². The predicted molar refractivity (Wildman–Crippen MR) is 238 cm³/mol. The summed E-state index contributed by atoms with van der Waals surface area (Å²) in [7, 11) is 0. The zero-order valence-electron chi connectivity index (χ0n) is 30.2. The van der Waals surface area contributed by atoms with Gasteiger partial charge in [0.1, 0.15) is 0 Å². The summed E-state index contributed by atoms with van der Waals surface area (Å²) in [5.41, 5.74) is 12.0. The number of benzene rings is 8. The van der Waals surface area contributed by atoms with E-state index in [2.05, 4.69) is 204 Å². The number of nitrogens with zero attached hydrogens (tertiary/aromatic N) is 2. The fourth-order valence-corrected chi connectivity index (χ4v) is 9.78. The zero-order valence-corrected chi connectivity index (χ0v) is 31.0. The second-order valence-electron chi connectivity index (χ2n) is 14.4. The standard InChI is InChI=1S/C52H36N2S/c1-3-13-36(14-4-1)42-17-7-10-20-47(42)53(41-29-31-45-44-18-9-12-22-50(44)55-51(45)34-41)40-27-23-35(24-28-40)37-25-30-43-38(33-37)26-32-49-52(43)46-19-8-11-21-48(46)54(49)39-15-5-2-6-16-39/h2-3,5-34H,1,4H2. The average Bonchev–Trinajstić information content (AvgIpc) is 3.80. The third-order valence-corrected chi connectivity index (χ3v) is 12.3. The molecule has 0 radical (unpaired) electrons. The van der Waals surface area contributed by atoms with E-state index in [-0.39, 0.29) is 0 Å². The van der Waals surface area contributed by atoms with Crippen molar-refractivity contribution < 1.29 is 0 Å². The Bertz CT molecular complexity index is 3140. The van der Waals surface area contributed by atoms with Gasteiger partial charge in [-0.2, -0.15) is 0 Å². The first kappa shape index (κ1) is 31.8. The quantitative estimate of drug-likeness (QED) is 0.166. The van der Waals surface area contributed by atoms with Crippen LogP contribution in [0.3, 0.4) is 0 Å². The number of aromatic nitrogens is 1. The number of thiophene rings is 1. The molecule has 3 heteroatoms. The van der Waals surface area contributed by atoms with Crippen molar-refractivity contribution in [1.82, 2.24) is 4.57 Å². The summed E-state index contributed by atoms with van der Waals surface area (Å²) >= 11 is 1.87. The van der Waals surface area contributed by atoms with Crippen molar-refractivity contribution in [2.75, 3.05) is 4.90 Å². The molecule has 0 fully saturated rings. The van der Waals surface area contributed by atoms with Gasteiger partial charge in [-0.1, -0.05) is 127 Å². The Morgan fingerprint density at radius 2 is 1.22 bits per heavy atom. The molecular formula is C52H36N2S. The molecular weight excluding hydrogens is 685 g/mol. The van der Waals surface area contributed by atoms with Crippen LogP contribution in [0.2, 0.25) is 0 Å². The minimum atomic E-state index is 1.06. The number of hydrogen-bond acceptors (Lipinski definition) is 2. The third-order valence-electron chi connectivity index (χ3n) is 11.2. The maximum atomic E-state index is 2.44. The van der Waals surface area contributed by atoms with Gasteiger partial charge >= 0.3 is 0 Å². The lowest BCUT2D eigenvalue weighted by atomic mass is 9.96. The summed E-state index contributed by atoms with van der Waals surface area (Å²) in [5.74, 6) is 0. The maximum absolute atomic E-state index is 2.44. The number of allylic oxidation sites excluding steroid dienone is 4. The largest absolute Gasteiger partial charge is 0.310 e. The van der Waals surface area contributed by atoms with Crippen molar-refractivity contribution >= 4 is 86.7 Å². The lowest BCUT2D eigenvalue weighted by molar-refractivity contribution is 1.04. The molecule has 1 aliphatic carbocycles. The summed E-state index contributed by atoms with van der Waals surface area (Å²) < 4.78 is 5.01. The van der Waals surface area contributed by atoms with Gasteiger partial charge in [0.2, 0.25) is 0 Å². The molecule has 0 atom stereocenters. The van der Waals surface area contributed by atoms with Crippen molar-refractivity contribution in [2.24, 2.45) is 0 Å². The normalized spacial score (nSPS) is 13.0. The van der Waals surface area contributed by atoms with E-state index in [0.29, 0.717) is 0 Å². The second-order valence-corrected chi connectivity index (χ2v) is 15.5. The van der Waals surface area contributed by atoms with Crippen molar-refractivity contribution in [3.63, 3.8) is 0 Å². The van der Waals surface area contributed by atoms with Crippen LogP contribution in [-0.2, 0) is 0 Å². The highest BCUT2D eigenvalue weighted by molar-refractivity contribution is 7.25. The Labute approximate surface area is 324 Å². The van der Waals surface area contributed by atoms with Gasteiger partial charge in [0, 0.05) is 53.6 Å². The molecule has 10 aromatic rings.